The minimum atomic E-state index is -3.04. The first-order chi connectivity index (χ1) is 19.6. The Balaban J connectivity index is 1.52. The Hall–Kier alpha value is -4.48. The number of aromatic nitrogens is 1. The number of carbonyl (C=O) groups excluding carboxylic acids is 2. The fourth-order valence-corrected chi connectivity index (χ4v) is 5.03. The van der Waals surface area contributed by atoms with E-state index in [1.165, 1.54) is 24.1 Å². The number of hydrogen-bond acceptors (Lipinski definition) is 5. The molecule has 0 N–H and O–H groups in total. The highest BCUT2D eigenvalue weighted by Crippen LogP contribution is 2.40. The third-order valence-electron chi connectivity index (χ3n) is 7.21. The molecule has 1 saturated carbocycles. The van der Waals surface area contributed by atoms with E-state index in [1.807, 2.05) is 0 Å². The zero-order valence-corrected chi connectivity index (χ0v) is 22.0. The Morgan fingerprint density at radius 2 is 1.71 bits per heavy atom. The Bertz CT molecular complexity index is 1560. The number of alkyl halides is 2. The lowest BCUT2D eigenvalue weighted by Crippen LogP contribution is -2.35. The Morgan fingerprint density at radius 3 is 2.29 bits per heavy atom. The molecule has 12 heteroatoms. The van der Waals surface area contributed by atoms with Crippen molar-refractivity contribution in [2.24, 2.45) is 10.9 Å². The van der Waals surface area contributed by atoms with Crippen LogP contribution in [0.5, 0.6) is 11.5 Å². The fraction of sp³-hybridized carbons (Fsp3) is 0.310. The normalized spacial score (nSPS) is 18.9. The van der Waals surface area contributed by atoms with Crippen LogP contribution in [-0.2, 0) is 4.79 Å². The number of halogens is 4. The number of aliphatic imine (C=N–C) groups is 1. The van der Waals surface area contributed by atoms with Crippen LogP contribution in [0.3, 0.4) is 0 Å². The lowest BCUT2D eigenvalue weighted by molar-refractivity contribution is -0.118. The molecule has 8 nitrogen and oxygen atoms in total. The maximum atomic E-state index is 15.2. The molecule has 1 aliphatic carbocycles. The van der Waals surface area contributed by atoms with Crippen molar-refractivity contribution in [2.75, 3.05) is 18.6 Å². The number of ether oxygens (including phenoxy) is 2. The van der Waals surface area contributed by atoms with Crippen molar-refractivity contribution in [3.8, 4) is 11.5 Å². The Labute approximate surface area is 231 Å². The predicted molar refractivity (Wildman–Crippen MR) is 141 cm³/mol. The second-order valence-electron chi connectivity index (χ2n) is 9.86. The third-order valence-corrected chi connectivity index (χ3v) is 7.21. The molecule has 1 aliphatic heterocycles. The number of methoxy groups -OCH3 is 1. The topological polar surface area (TPSA) is 90.2 Å². The average molecular weight is 572 g/mol. The number of pyridine rings is 1. The number of hydrogen-bond donors (Lipinski definition) is 0. The Kier molecular flexibility index (Phi) is 7.65. The number of anilines is 1. The van der Waals surface area contributed by atoms with Gasteiger partial charge < -0.3 is 18.9 Å². The van der Waals surface area contributed by atoms with E-state index in [0.29, 0.717) is 5.56 Å². The van der Waals surface area contributed by atoms with Gasteiger partial charge in [-0.05, 0) is 55.7 Å². The van der Waals surface area contributed by atoms with Crippen LogP contribution < -0.4 is 19.9 Å². The van der Waals surface area contributed by atoms with Crippen molar-refractivity contribution in [1.29, 1.82) is 0 Å². The van der Waals surface area contributed by atoms with Crippen LogP contribution in [0.1, 0.15) is 46.3 Å². The molecule has 0 bridgehead atoms. The molecular weight excluding hydrogens is 546 g/mol. The van der Waals surface area contributed by atoms with Crippen LogP contribution in [0.2, 0.25) is 0 Å². The number of aryl methyl sites for hydroxylation is 1. The van der Waals surface area contributed by atoms with E-state index >= 15 is 8.78 Å². The van der Waals surface area contributed by atoms with Crippen molar-refractivity contribution in [3.63, 3.8) is 0 Å². The molecule has 0 radical (unpaired) electrons. The van der Waals surface area contributed by atoms with Gasteiger partial charge in [0.15, 0.2) is 0 Å². The van der Waals surface area contributed by atoms with E-state index in [4.69, 9.17) is 4.74 Å². The zero-order valence-electron chi connectivity index (χ0n) is 22.0. The average Bonchev–Trinajstić information content (AvgIpc) is 3.72. The number of rotatable bonds is 8. The van der Waals surface area contributed by atoms with Gasteiger partial charge >= 0.3 is 6.61 Å². The molecular formula is C29H25F4N3O5. The highest BCUT2D eigenvalue weighted by atomic mass is 19.3. The summed E-state index contributed by atoms with van der Waals surface area (Å²) in [7, 11) is 1.25. The van der Waals surface area contributed by atoms with Gasteiger partial charge in [-0.15, -0.1) is 0 Å². The summed E-state index contributed by atoms with van der Waals surface area (Å²) < 4.78 is 66.0. The number of benzene rings is 2. The molecule has 2 atom stereocenters. The summed E-state index contributed by atoms with van der Waals surface area (Å²) in [6, 6.07) is 8.46. The van der Waals surface area contributed by atoms with E-state index in [1.54, 1.807) is 23.8 Å². The first-order valence-corrected chi connectivity index (χ1v) is 12.8. The van der Waals surface area contributed by atoms with Crippen LogP contribution >= 0.6 is 0 Å². The number of nitrogens with zero attached hydrogens (tertiary/aromatic N) is 3. The summed E-state index contributed by atoms with van der Waals surface area (Å²) in [4.78, 5) is 44.9. The van der Waals surface area contributed by atoms with Gasteiger partial charge in [0.1, 0.15) is 28.8 Å². The van der Waals surface area contributed by atoms with Gasteiger partial charge in [0.2, 0.25) is 5.91 Å². The van der Waals surface area contributed by atoms with Crippen molar-refractivity contribution < 1.29 is 36.6 Å². The molecule has 2 fully saturated rings. The molecule has 0 spiro atoms. The number of amides is 2. The molecule has 214 valence electrons. The van der Waals surface area contributed by atoms with E-state index in [-0.39, 0.29) is 35.3 Å². The van der Waals surface area contributed by atoms with Gasteiger partial charge in [-0.3, -0.25) is 14.4 Å². The second kappa shape index (κ2) is 11.2. The van der Waals surface area contributed by atoms with Crippen LogP contribution in [-0.4, -0.2) is 42.9 Å². The van der Waals surface area contributed by atoms with Crippen molar-refractivity contribution in [2.45, 2.75) is 38.3 Å². The molecule has 41 heavy (non-hydrogen) atoms. The smallest absolute Gasteiger partial charge is 0.387 e. The quantitative estimate of drug-likeness (QED) is 0.279. The van der Waals surface area contributed by atoms with E-state index in [2.05, 4.69) is 9.73 Å². The highest BCUT2D eigenvalue weighted by molar-refractivity contribution is 6.10. The SMILES string of the molecule is COc1cc(F)c([C@@H]2CN(c3c(C)ccn(C4CC4)c3=O)C(=O)C2C=NC(=O)c2ccc(OC(F)F)cc2)c(F)c1. The molecule has 1 aromatic heterocycles. The summed E-state index contributed by atoms with van der Waals surface area (Å²) in [5, 5.41) is 0. The second-order valence-corrected chi connectivity index (χ2v) is 9.86. The van der Waals surface area contributed by atoms with Crippen LogP contribution in [0.25, 0.3) is 0 Å². The monoisotopic (exact) mass is 571 g/mol. The van der Waals surface area contributed by atoms with Gasteiger partial charge in [0, 0.05) is 54.2 Å². The number of carbonyl (C=O) groups is 2. The Morgan fingerprint density at radius 1 is 1.05 bits per heavy atom. The molecule has 2 heterocycles. The molecule has 2 aliphatic rings. The van der Waals surface area contributed by atoms with Gasteiger partial charge in [0.05, 0.1) is 13.0 Å². The maximum absolute atomic E-state index is 15.2. The molecule has 1 unspecified atom stereocenters. The predicted octanol–water partition coefficient (Wildman–Crippen LogP) is 5.04. The summed E-state index contributed by atoms with van der Waals surface area (Å²) in [6.07, 6.45) is 4.33. The van der Waals surface area contributed by atoms with E-state index < -0.39 is 53.0 Å². The highest BCUT2D eigenvalue weighted by Gasteiger charge is 2.45. The fourth-order valence-electron chi connectivity index (χ4n) is 5.03. The summed E-state index contributed by atoms with van der Waals surface area (Å²) in [6.45, 7) is -1.62. The van der Waals surface area contributed by atoms with Crippen LogP contribution in [0, 0.1) is 24.5 Å². The summed E-state index contributed by atoms with van der Waals surface area (Å²) >= 11 is 0. The van der Waals surface area contributed by atoms with Crippen LogP contribution in [0.15, 0.2) is 58.4 Å². The van der Waals surface area contributed by atoms with Crippen molar-refractivity contribution in [3.05, 3.63) is 87.3 Å². The molecule has 1 saturated heterocycles. The molecule has 2 aromatic carbocycles. The van der Waals surface area contributed by atoms with E-state index in [0.717, 1.165) is 43.3 Å². The minimum Gasteiger partial charge on any atom is -0.497 e. The first kappa shape index (κ1) is 28.1. The maximum Gasteiger partial charge on any atom is 0.387 e. The largest absolute Gasteiger partial charge is 0.497 e. The third kappa shape index (κ3) is 5.59. The van der Waals surface area contributed by atoms with Gasteiger partial charge in [-0.25, -0.2) is 13.8 Å². The lowest BCUT2D eigenvalue weighted by Gasteiger charge is -2.20. The van der Waals surface area contributed by atoms with Crippen molar-refractivity contribution in [1.82, 2.24) is 4.57 Å². The standard InChI is InChI=1S/C29H25F4N3O5/c1-15-9-10-35(17-5-6-17)28(39)25(15)36-14-21(24-22(30)11-19(40-2)12-23(24)31)20(27(36)38)13-34-26(37)16-3-7-18(8-4-16)41-29(32)33/h3-4,7-13,17,20-21,29H,5-6,14H2,1-2H3/t20?,21-/m1/s1. The first-order valence-electron chi connectivity index (χ1n) is 12.8. The van der Waals surface area contributed by atoms with Gasteiger partial charge in [0.25, 0.3) is 11.5 Å². The molecule has 3 aromatic rings. The van der Waals surface area contributed by atoms with Gasteiger partial charge in [-0.2, -0.15) is 8.78 Å². The minimum absolute atomic E-state index is 0.00903. The van der Waals surface area contributed by atoms with Crippen LogP contribution in [0.4, 0.5) is 23.2 Å². The van der Waals surface area contributed by atoms with E-state index in [9.17, 15) is 23.2 Å². The lowest BCUT2D eigenvalue weighted by atomic mass is 9.88. The van der Waals surface area contributed by atoms with Gasteiger partial charge in [-0.1, -0.05) is 0 Å². The van der Waals surface area contributed by atoms with Crippen molar-refractivity contribution >= 4 is 23.7 Å². The molecule has 2 amide bonds. The summed E-state index contributed by atoms with van der Waals surface area (Å²) in [5.74, 6) is -6.05. The summed E-state index contributed by atoms with van der Waals surface area (Å²) in [5.41, 5.74) is -0.185. The molecule has 5 rings (SSSR count). The zero-order chi connectivity index (χ0) is 29.4.